The summed E-state index contributed by atoms with van der Waals surface area (Å²) < 4.78 is 13.0. The smallest absolute Gasteiger partial charge is 0.244 e. The number of nitrogens with one attached hydrogen (secondary N) is 2. The second-order valence-corrected chi connectivity index (χ2v) is 7.66. The first-order chi connectivity index (χ1) is 14.5. The van der Waals surface area contributed by atoms with Gasteiger partial charge in [-0.3, -0.25) is 14.5 Å². The van der Waals surface area contributed by atoms with Gasteiger partial charge in [0.05, 0.1) is 0 Å². The lowest BCUT2D eigenvalue weighted by molar-refractivity contribution is -0.127. The van der Waals surface area contributed by atoms with Crippen LogP contribution in [0, 0.1) is 5.82 Å². The van der Waals surface area contributed by atoms with Gasteiger partial charge in [-0.05, 0) is 49.1 Å². The Labute approximate surface area is 177 Å². The molecule has 1 fully saturated rings. The number of hydrogen-bond acceptors (Lipinski definition) is 3. The monoisotopic (exact) mass is 409 g/mol. The van der Waals surface area contributed by atoms with E-state index in [2.05, 4.69) is 15.5 Å². The van der Waals surface area contributed by atoms with E-state index in [1.807, 2.05) is 30.3 Å². The quantitative estimate of drug-likeness (QED) is 0.691. The number of nitrogens with zero attached hydrogens (tertiary/aromatic N) is 1. The molecule has 0 spiro atoms. The molecule has 1 aliphatic heterocycles. The van der Waals surface area contributed by atoms with Crippen molar-refractivity contribution in [1.29, 1.82) is 0 Å². The molecule has 0 radical (unpaired) electrons. The van der Waals surface area contributed by atoms with E-state index >= 15 is 0 Å². The molecule has 30 heavy (non-hydrogen) atoms. The minimum atomic E-state index is -0.602. The van der Waals surface area contributed by atoms with Crippen LogP contribution in [0.25, 0.3) is 6.08 Å². The van der Waals surface area contributed by atoms with Gasteiger partial charge in [0.15, 0.2) is 0 Å². The lowest BCUT2D eigenvalue weighted by atomic mass is 10.0. The minimum absolute atomic E-state index is 0.0983. The molecule has 6 heteroatoms. The summed E-state index contributed by atoms with van der Waals surface area (Å²) in [6.45, 7) is 4.19. The molecule has 0 saturated carbocycles. The van der Waals surface area contributed by atoms with Crippen molar-refractivity contribution in [2.45, 2.75) is 38.4 Å². The standard InChI is InChI=1S/C24H28FN3O2/c1-18(26-23(29)12-9-19-5-3-2-4-6-19)24(30)27-22-13-15-28(16-14-22)17-20-7-10-21(25)11-8-20/h2-12,18,22H,13-17H2,1H3,(H,26,29)(H,27,30)/b12-9+. The number of carbonyl (C=O) groups is 2. The Morgan fingerprint density at radius 2 is 1.77 bits per heavy atom. The first-order valence-corrected chi connectivity index (χ1v) is 10.3. The fraction of sp³-hybridized carbons (Fsp3) is 0.333. The zero-order valence-corrected chi connectivity index (χ0v) is 17.2. The van der Waals surface area contributed by atoms with Gasteiger partial charge < -0.3 is 10.6 Å². The Bertz CT molecular complexity index is 860. The molecule has 5 nitrogen and oxygen atoms in total. The summed E-state index contributed by atoms with van der Waals surface area (Å²) in [4.78, 5) is 26.8. The number of likely N-dealkylation sites (tertiary alicyclic amines) is 1. The van der Waals surface area contributed by atoms with Crippen LogP contribution < -0.4 is 10.6 Å². The summed E-state index contributed by atoms with van der Waals surface area (Å²) >= 11 is 0. The first-order valence-electron chi connectivity index (χ1n) is 10.3. The molecule has 0 aliphatic carbocycles. The Morgan fingerprint density at radius 1 is 1.10 bits per heavy atom. The summed E-state index contributed by atoms with van der Waals surface area (Å²) in [6, 6.07) is 15.6. The molecule has 158 valence electrons. The highest BCUT2D eigenvalue weighted by atomic mass is 19.1. The third-order valence-electron chi connectivity index (χ3n) is 5.23. The fourth-order valence-corrected chi connectivity index (χ4v) is 3.47. The summed E-state index contributed by atoms with van der Waals surface area (Å²) in [5.41, 5.74) is 2.01. The molecule has 2 aromatic rings. The molecule has 0 aromatic heterocycles. The van der Waals surface area contributed by atoms with Crippen molar-refractivity contribution in [1.82, 2.24) is 15.5 Å². The zero-order chi connectivity index (χ0) is 21.3. The van der Waals surface area contributed by atoms with Gasteiger partial charge in [0.1, 0.15) is 11.9 Å². The van der Waals surface area contributed by atoms with E-state index in [-0.39, 0.29) is 23.7 Å². The molecule has 1 atom stereocenters. The van der Waals surface area contributed by atoms with E-state index < -0.39 is 6.04 Å². The van der Waals surface area contributed by atoms with Crippen LogP contribution >= 0.6 is 0 Å². The number of rotatable bonds is 7. The lowest BCUT2D eigenvalue weighted by Gasteiger charge is -2.32. The molecule has 1 unspecified atom stereocenters. The van der Waals surface area contributed by atoms with Gasteiger partial charge in [0.2, 0.25) is 11.8 Å². The van der Waals surface area contributed by atoms with Gasteiger partial charge in [0, 0.05) is 31.8 Å². The van der Waals surface area contributed by atoms with Crippen molar-refractivity contribution in [2.24, 2.45) is 0 Å². The highest BCUT2D eigenvalue weighted by molar-refractivity contribution is 5.95. The molecule has 2 amide bonds. The van der Waals surface area contributed by atoms with Crippen molar-refractivity contribution in [3.63, 3.8) is 0 Å². The van der Waals surface area contributed by atoms with Gasteiger partial charge in [-0.15, -0.1) is 0 Å². The predicted octanol–water partition coefficient (Wildman–Crippen LogP) is 3.12. The zero-order valence-electron chi connectivity index (χ0n) is 17.2. The molecule has 2 aromatic carbocycles. The van der Waals surface area contributed by atoms with E-state index in [9.17, 15) is 14.0 Å². The summed E-state index contributed by atoms with van der Waals surface area (Å²) in [7, 11) is 0. The molecule has 0 bridgehead atoms. The molecular formula is C24H28FN3O2. The van der Waals surface area contributed by atoms with E-state index in [1.165, 1.54) is 18.2 Å². The van der Waals surface area contributed by atoms with Crippen LogP contribution in [-0.4, -0.2) is 41.9 Å². The highest BCUT2D eigenvalue weighted by Crippen LogP contribution is 2.14. The van der Waals surface area contributed by atoms with Crippen molar-refractivity contribution < 1.29 is 14.0 Å². The number of halogens is 1. The van der Waals surface area contributed by atoms with Crippen molar-refractivity contribution in [3.8, 4) is 0 Å². The average molecular weight is 410 g/mol. The SMILES string of the molecule is CC(NC(=O)/C=C/c1ccccc1)C(=O)NC1CCN(Cc2ccc(F)cc2)CC1. The first kappa shape index (κ1) is 21.7. The Morgan fingerprint density at radius 3 is 2.43 bits per heavy atom. The third-order valence-corrected chi connectivity index (χ3v) is 5.23. The van der Waals surface area contributed by atoms with Crippen LogP contribution in [0.15, 0.2) is 60.7 Å². The minimum Gasteiger partial charge on any atom is -0.351 e. The third kappa shape index (κ3) is 6.81. The van der Waals surface area contributed by atoms with Gasteiger partial charge >= 0.3 is 0 Å². The number of carbonyl (C=O) groups excluding carboxylic acids is 2. The molecule has 2 N–H and O–H groups in total. The Kier molecular flexibility index (Phi) is 7.74. The summed E-state index contributed by atoms with van der Waals surface area (Å²) in [6.07, 6.45) is 4.85. The Balaban J connectivity index is 1.38. The van der Waals surface area contributed by atoms with Gasteiger partial charge in [-0.1, -0.05) is 42.5 Å². The van der Waals surface area contributed by atoms with Crippen LogP contribution in [0.2, 0.25) is 0 Å². The maximum Gasteiger partial charge on any atom is 0.244 e. The van der Waals surface area contributed by atoms with E-state index in [1.54, 1.807) is 25.1 Å². The van der Waals surface area contributed by atoms with Gasteiger partial charge in [0.25, 0.3) is 0 Å². The number of hydrogen-bond donors (Lipinski definition) is 2. The van der Waals surface area contributed by atoms with Crippen LogP contribution in [0.4, 0.5) is 4.39 Å². The molecule has 3 rings (SSSR count). The van der Waals surface area contributed by atoms with Crippen LogP contribution in [0.1, 0.15) is 30.9 Å². The normalized spacial score (nSPS) is 16.3. The van der Waals surface area contributed by atoms with Gasteiger partial charge in [-0.2, -0.15) is 0 Å². The molecule has 1 aliphatic rings. The lowest BCUT2D eigenvalue weighted by Crippen LogP contribution is -2.50. The second kappa shape index (κ2) is 10.7. The summed E-state index contributed by atoms with van der Waals surface area (Å²) in [5.74, 6) is -0.694. The van der Waals surface area contributed by atoms with Crippen LogP contribution in [0.3, 0.4) is 0 Å². The summed E-state index contributed by atoms with van der Waals surface area (Å²) in [5, 5.41) is 5.74. The van der Waals surface area contributed by atoms with Crippen LogP contribution in [0.5, 0.6) is 0 Å². The van der Waals surface area contributed by atoms with Crippen LogP contribution in [-0.2, 0) is 16.1 Å². The van der Waals surface area contributed by atoms with E-state index in [0.717, 1.165) is 43.6 Å². The Hall–Kier alpha value is -2.99. The van der Waals surface area contributed by atoms with Gasteiger partial charge in [-0.25, -0.2) is 4.39 Å². The number of benzene rings is 2. The highest BCUT2D eigenvalue weighted by Gasteiger charge is 2.23. The number of piperidine rings is 1. The van der Waals surface area contributed by atoms with E-state index in [0.29, 0.717) is 0 Å². The average Bonchev–Trinajstić information content (AvgIpc) is 2.76. The van der Waals surface area contributed by atoms with Crippen molar-refractivity contribution >= 4 is 17.9 Å². The molecular weight excluding hydrogens is 381 g/mol. The largest absolute Gasteiger partial charge is 0.351 e. The molecule has 1 saturated heterocycles. The second-order valence-electron chi connectivity index (χ2n) is 7.66. The number of amides is 2. The fourth-order valence-electron chi connectivity index (χ4n) is 3.47. The van der Waals surface area contributed by atoms with Crippen molar-refractivity contribution in [3.05, 3.63) is 77.6 Å². The maximum atomic E-state index is 13.0. The topological polar surface area (TPSA) is 61.4 Å². The van der Waals surface area contributed by atoms with E-state index in [4.69, 9.17) is 0 Å². The predicted molar refractivity (Wildman–Crippen MR) is 116 cm³/mol. The molecule has 1 heterocycles. The maximum absolute atomic E-state index is 13.0. The van der Waals surface area contributed by atoms with Crippen molar-refractivity contribution in [2.75, 3.05) is 13.1 Å².